The number of rotatable bonds is 4. The van der Waals surface area contributed by atoms with E-state index in [9.17, 15) is 8.78 Å². The van der Waals surface area contributed by atoms with Gasteiger partial charge in [0.15, 0.2) is 0 Å². The molecular formula is C15H13Cl2F2NOS. The van der Waals surface area contributed by atoms with E-state index >= 15 is 0 Å². The van der Waals surface area contributed by atoms with Crippen LogP contribution in [0.5, 0.6) is 5.75 Å². The van der Waals surface area contributed by atoms with Crippen LogP contribution in [0.25, 0.3) is 0 Å². The molecule has 0 atom stereocenters. The monoisotopic (exact) mass is 363 g/mol. The number of pyridine rings is 1. The lowest BCUT2D eigenvalue weighted by molar-refractivity contribution is 0.407. The van der Waals surface area contributed by atoms with Crippen LogP contribution in [0.15, 0.2) is 28.0 Å². The van der Waals surface area contributed by atoms with E-state index in [2.05, 4.69) is 4.98 Å². The maximum atomic E-state index is 13.5. The molecule has 0 saturated heterocycles. The molecule has 2 rings (SSSR count). The Kier molecular flexibility index (Phi) is 5.53. The first kappa shape index (κ1) is 17.3. The molecule has 0 aliphatic heterocycles. The number of hydrogen-bond acceptors (Lipinski definition) is 3. The van der Waals surface area contributed by atoms with Crippen molar-refractivity contribution >= 4 is 35.0 Å². The van der Waals surface area contributed by atoms with Gasteiger partial charge in [-0.05, 0) is 29.7 Å². The SMILES string of the molecule is COc1ccc(Sc2c(Cl)c(F)nc(F)c2Cl)cc1C(C)C. The summed E-state index contributed by atoms with van der Waals surface area (Å²) in [6, 6.07) is 5.46. The highest BCUT2D eigenvalue weighted by molar-refractivity contribution is 7.99. The van der Waals surface area contributed by atoms with Gasteiger partial charge in [0.2, 0.25) is 11.9 Å². The van der Waals surface area contributed by atoms with Crippen LogP contribution in [-0.4, -0.2) is 12.1 Å². The molecule has 0 bridgehead atoms. The fraction of sp³-hybridized carbons (Fsp3) is 0.267. The molecular weight excluding hydrogens is 351 g/mol. The first-order valence-electron chi connectivity index (χ1n) is 6.41. The number of hydrogen-bond donors (Lipinski definition) is 0. The van der Waals surface area contributed by atoms with Crippen molar-refractivity contribution in [2.24, 2.45) is 0 Å². The molecule has 22 heavy (non-hydrogen) atoms. The zero-order valence-corrected chi connectivity index (χ0v) is 14.4. The molecule has 0 amide bonds. The summed E-state index contributed by atoms with van der Waals surface area (Å²) in [6.07, 6.45) is 0. The van der Waals surface area contributed by atoms with Gasteiger partial charge in [0.25, 0.3) is 0 Å². The minimum atomic E-state index is -1.08. The molecule has 1 aromatic heterocycles. The van der Waals surface area contributed by atoms with E-state index in [1.807, 2.05) is 19.9 Å². The van der Waals surface area contributed by atoms with E-state index in [1.165, 1.54) is 0 Å². The lowest BCUT2D eigenvalue weighted by Gasteiger charge is -2.14. The van der Waals surface area contributed by atoms with Crippen LogP contribution in [0.1, 0.15) is 25.3 Å². The Bertz CT molecular complexity index is 684. The Morgan fingerprint density at radius 2 is 1.73 bits per heavy atom. The number of ether oxygens (including phenoxy) is 1. The van der Waals surface area contributed by atoms with Crippen molar-refractivity contribution in [3.8, 4) is 5.75 Å². The minimum Gasteiger partial charge on any atom is -0.496 e. The van der Waals surface area contributed by atoms with Gasteiger partial charge in [-0.1, -0.05) is 48.8 Å². The molecule has 0 fully saturated rings. The van der Waals surface area contributed by atoms with Crippen molar-refractivity contribution in [3.05, 3.63) is 45.7 Å². The van der Waals surface area contributed by atoms with Gasteiger partial charge >= 0.3 is 0 Å². The summed E-state index contributed by atoms with van der Waals surface area (Å²) in [5.74, 6) is -1.18. The fourth-order valence-corrected chi connectivity index (χ4v) is 3.36. The maximum absolute atomic E-state index is 13.5. The van der Waals surface area contributed by atoms with Crippen molar-refractivity contribution < 1.29 is 13.5 Å². The second-order valence-corrected chi connectivity index (χ2v) is 6.65. The van der Waals surface area contributed by atoms with E-state index in [4.69, 9.17) is 27.9 Å². The Morgan fingerprint density at radius 1 is 1.14 bits per heavy atom. The molecule has 2 aromatic rings. The number of halogens is 4. The highest BCUT2D eigenvalue weighted by atomic mass is 35.5. The summed E-state index contributed by atoms with van der Waals surface area (Å²) in [5.41, 5.74) is 0.981. The zero-order chi connectivity index (χ0) is 16.4. The van der Waals surface area contributed by atoms with E-state index in [-0.39, 0.29) is 20.9 Å². The van der Waals surface area contributed by atoms with Gasteiger partial charge in [-0.25, -0.2) is 0 Å². The van der Waals surface area contributed by atoms with Crippen molar-refractivity contribution in [2.45, 2.75) is 29.6 Å². The van der Waals surface area contributed by atoms with Crippen molar-refractivity contribution in [1.82, 2.24) is 4.98 Å². The number of methoxy groups -OCH3 is 1. The smallest absolute Gasteiger partial charge is 0.235 e. The molecule has 0 aliphatic rings. The van der Waals surface area contributed by atoms with Crippen LogP contribution in [0, 0.1) is 11.9 Å². The van der Waals surface area contributed by atoms with Crippen molar-refractivity contribution in [3.63, 3.8) is 0 Å². The summed E-state index contributed by atoms with van der Waals surface area (Å²) >= 11 is 12.8. The van der Waals surface area contributed by atoms with Gasteiger partial charge < -0.3 is 4.74 Å². The molecule has 1 heterocycles. The highest BCUT2D eigenvalue weighted by Crippen LogP contribution is 2.42. The van der Waals surface area contributed by atoms with Gasteiger partial charge in [-0.15, -0.1) is 0 Å². The van der Waals surface area contributed by atoms with Crippen LogP contribution in [0.4, 0.5) is 8.78 Å². The van der Waals surface area contributed by atoms with E-state index in [0.717, 1.165) is 28.0 Å². The van der Waals surface area contributed by atoms with Gasteiger partial charge in [-0.2, -0.15) is 13.8 Å². The number of benzene rings is 1. The molecule has 2 nitrogen and oxygen atoms in total. The standard InChI is InChI=1S/C15H13Cl2F2NOS/c1-7(2)9-6-8(4-5-10(9)21-3)22-13-11(16)14(18)20-15(19)12(13)17/h4-7H,1-3H3. The van der Waals surface area contributed by atoms with Crippen LogP contribution >= 0.6 is 35.0 Å². The highest BCUT2D eigenvalue weighted by Gasteiger charge is 2.19. The third-order valence-electron chi connectivity index (χ3n) is 3.00. The van der Waals surface area contributed by atoms with Crippen molar-refractivity contribution in [1.29, 1.82) is 0 Å². The Morgan fingerprint density at radius 3 is 2.23 bits per heavy atom. The van der Waals surface area contributed by atoms with Gasteiger partial charge in [-0.3, -0.25) is 0 Å². The molecule has 118 valence electrons. The lowest BCUT2D eigenvalue weighted by Crippen LogP contribution is -1.96. The number of nitrogens with zero attached hydrogens (tertiary/aromatic N) is 1. The largest absolute Gasteiger partial charge is 0.496 e. The van der Waals surface area contributed by atoms with E-state index in [1.54, 1.807) is 19.2 Å². The first-order chi connectivity index (χ1) is 10.3. The van der Waals surface area contributed by atoms with Gasteiger partial charge in [0.05, 0.1) is 12.0 Å². The van der Waals surface area contributed by atoms with Crippen molar-refractivity contribution in [2.75, 3.05) is 7.11 Å². The molecule has 7 heteroatoms. The average molecular weight is 364 g/mol. The third kappa shape index (κ3) is 3.47. The minimum absolute atomic E-state index is 0.105. The predicted molar refractivity (Wildman–Crippen MR) is 85.4 cm³/mol. The van der Waals surface area contributed by atoms with Crippen LogP contribution in [0.3, 0.4) is 0 Å². The van der Waals surface area contributed by atoms with Crippen LogP contribution in [-0.2, 0) is 0 Å². The average Bonchev–Trinajstić information content (AvgIpc) is 2.49. The molecule has 1 aromatic carbocycles. The summed E-state index contributed by atoms with van der Waals surface area (Å²) in [4.78, 5) is 3.87. The fourth-order valence-electron chi connectivity index (χ4n) is 1.90. The predicted octanol–water partition coefficient (Wildman–Crippen LogP) is 5.95. The maximum Gasteiger partial charge on any atom is 0.235 e. The first-order valence-corrected chi connectivity index (χ1v) is 7.98. The van der Waals surface area contributed by atoms with E-state index in [0.29, 0.717) is 0 Å². The zero-order valence-electron chi connectivity index (χ0n) is 12.1. The Balaban J connectivity index is 2.46. The molecule has 0 saturated carbocycles. The quantitative estimate of drug-likeness (QED) is 0.626. The Hall–Kier alpha value is -1.04. The number of aromatic nitrogens is 1. The topological polar surface area (TPSA) is 22.1 Å². The summed E-state index contributed by atoms with van der Waals surface area (Å²) in [6.45, 7) is 4.05. The normalized spacial score (nSPS) is 11.1. The van der Waals surface area contributed by atoms with Gasteiger partial charge in [0, 0.05) is 4.90 Å². The molecule has 0 unspecified atom stereocenters. The summed E-state index contributed by atoms with van der Waals surface area (Å²) in [5, 5.41) is -0.586. The molecule has 0 N–H and O–H groups in total. The lowest BCUT2D eigenvalue weighted by atomic mass is 10.0. The second kappa shape index (κ2) is 7.02. The molecule has 0 aliphatic carbocycles. The third-order valence-corrected chi connectivity index (χ3v) is 5.02. The van der Waals surface area contributed by atoms with E-state index < -0.39 is 11.9 Å². The Labute approximate surface area is 141 Å². The summed E-state index contributed by atoms with van der Waals surface area (Å²) in [7, 11) is 1.59. The molecule has 0 radical (unpaired) electrons. The van der Waals surface area contributed by atoms with Crippen LogP contribution in [0.2, 0.25) is 10.0 Å². The van der Waals surface area contributed by atoms with Gasteiger partial charge in [0.1, 0.15) is 15.8 Å². The summed E-state index contributed by atoms with van der Waals surface area (Å²) < 4.78 is 32.3. The van der Waals surface area contributed by atoms with Crippen LogP contribution < -0.4 is 4.74 Å². The molecule has 0 spiro atoms. The second-order valence-electron chi connectivity index (χ2n) is 4.81.